The summed E-state index contributed by atoms with van der Waals surface area (Å²) in [6.07, 6.45) is 1.10. The molecule has 0 radical (unpaired) electrons. The zero-order valence-corrected chi connectivity index (χ0v) is 14.8. The van der Waals surface area contributed by atoms with Crippen LogP contribution in [0, 0.1) is 6.92 Å². The van der Waals surface area contributed by atoms with Gasteiger partial charge in [0, 0.05) is 32.0 Å². The third kappa shape index (κ3) is 6.04. The van der Waals surface area contributed by atoms with Crippen LogP contribution in [-0.4, -0.2) is 36.3 Å². The van der Waals surface area contributed by atoms with E-state index in [4.69, 9.17) is 9.47 Å². The van der Waals surface area contributed by atoms with Gasteiger partial charge in [0.2, 0.25) is 0 Å². The number of aromatic nitrogens is 2. The molecule has 24 heavy (non-hydrogen) atoms. The van der Waals surface area contributed by atoms with E-state index in [0.29, 0.717) is 5.82 Å². The number of nitrogens with zero attached hydrogens (tertiary/aromatic N) is 2. The zero-order valence-electron chi connectivity index (χ0n) is 14.8. The Bertz CT molecular complexity index is 629. The number of aryl methyl sites for hydroxylation is 1. The Kier molecular flexibility index (Phi) is 6.81. The standard InChI is InChI=1S/C18H26N4O2/c1-13(2)24-16-8-6-15(7-9-16)22-18-12-17(20-14(3)21-18)19-10-5-11-23-4/h6-9,12-13H,5,10-11H2,1-4H3,(H2,19,20,21,22). The second kappa shape index (κ2) is 9.08. The van der Waals surface area contributed by atoms with Crippen LogP contribution in [-0.2, 0) is 4.74 Å². The fourth-order valence-electron chi connectivity index (χ4n) is 2.19. The van der Waals surface area contributed by atoms with E-state index in [0.717, 1.165) is 42.6 Å². The molecule has 0 unspecified atom stereocenters. The van der Waals surface area contributed by atoms with Crippen LogP contribution in [0.25, 0.3) is 0 Å². The van der Waals surface area contributed by atoms with Crippen molar-refractivity contribution >= 4 is 17.3 Å². The summed E-state index contributed by atoms with van der Waals surface area (Å²) in [5.74, 6) is 3.14. The molecule has 0 atom stereocenters. The molecule has 1 heterocycles. The highest BCUT2D eigenvalue weighted by molar-refractivity contribution is 5.60. The normalized spacial score (nSPS) is 10.7. The summed E-state index contributed by atoms with van der Waals surface area (Å²) in [4.78, 5) is 8.82. The fraction of sp³-hybridized carbons (Fsp3) is 0.444. The Morgan fingerprint density at radius 1 is 1.08 bits per heavy atom. The van der Waals surface area contributed by atoms with E-state index in [1.54, 1.807) is 7.11 Å². The number of hydrogen-bond acceptors (Lipinski definition) is 6. The first-order valence-electron chi connectivity index (χ1n) is 8.19. The molecule has 2 N–H and O–H groups in total. The SMILES string of the molecule is COCCCNc1cc(Nc2ccc(OC(C)C)cc2)nc(C)n1. The highest BCUT2D eigenvalue weighted by Gasteiger charge is 2.03. The van der Waals surface area contributed by atoms with Crippen LogP contribution in [0.4, 0.5) is 17.3 Å². The second-order valence-electron chi connectivity index (χ2n) is 5.77. The average molecular weight is 330 g/mol. The van der Waals surface area contributed by atoms with Crippen LogP contribution in [0.5, 0.6) is 5.75 Å². The van der Waals surface area contributed by atoms with Crippen LogP contribution < -0.4 is 15.4 Å². The molecule has 6 heteroatoms. The van der Waals surface area contributed by atoms with Crippen molar-refractivity contribution in [2.45, 2.75) is 33.3 Å². The minimum atomic E-state index is 0.167. The van der Waals surface area contributed by atoms with E-state index in [2.05, 4.69) is 20.6 Å². The van der Waals surface area contributed by atoms with Crippen molar-refractivity contribution in [3.63, 3.8) is 0 Å². The predicted octanol–water partition coefficient (Wildman–Crippen LogP) is 3.76. The van der Waals surface area contributed by atoms with Gasteiger partial charge in [0.1, 0.15) is 23.2 Å². The molecular weight excluding hydrogens is 304 g/mol. The maximum atomic E-state index is 5.65. The minimum Gasteiger partial charge on any atom is -0.491 e. The van der Waals surface area contributed by atoms with Crippen LogP contribution in [0.15, 0.2) is 30.3 Å². The number of hydrogen-bond donors (Lipinski definition) is 2. The Morgan fingerprint density at radius 3 is 2.46 bits per heavy atom. The van der Waals surface area contributed by atoms with Crippen molar-refractivity contribution in [1.29, 1.82) is 0 Å². The van der Waals surface area contributed by atoms with Gasteiger partial charge in [-0.1, -0.05) is 0 Å². The Morgan fingerprint density at radius 2 is 1.79 bits per heavy atom. The summed E-state index contributed by atoms with van der Waals surface area (Å²) in [5, 5.41) is 6.58. The van der Waals surface area contributed by atoms with E-state index in [1.165, 1.54) is 0 Å². The largest absolute Gasteiger partial charge is 0.491 e. The molecule has 0 bridgehead atoms. The molecule has 6 nitrogen and oxygen atoms in total. The molecule has 1 aromatic carbocycles. The van der Waals surface area contributed by atoms with Crippen molar-refractivity contribution in [3.05, 3.63) is 36.2 Å². The van der Waals surface area contributed by atoms with Gasteiger partial charge >= 0.3 is 0 Å². The lowest BCUT2D eigenvalue weighted by atomic mass is 10.3. The van der Waals surface area contributed by atoms with Crippen molar-refractivity contribution in [2.75, 3.05) is 30.9 Å². The summed E-state index contributed by atoms with van der Waals surface area (Å²) in [6.45, 7) is 7.44. The minimum absolute atomic E-state index is 0.167. The first-order valence-corrected chi connectivity index (χ1v) is 8.19. The van der Waals surface area contributed by atoms with E-state index in [9.17, 15) is 0 Å². The maximum Gasteiger partial charge on any atom is 0.136 e. The summed E-state index contributed by atoms with van der Waals surface area (Å²) in [6, 6.07) is 9.74. The third-order valence-corrected chi connectivity index (χ3v) is 3.17. The Labute approximate surface area is 143 Å². The van der Waals surface area contributed by atoms with Gasteiger partial charge < -0.3 is 20.1 Å². The van der Waals surface area contributed by atoms with Gasteiger partial charge in [-0.05, 0) is 51.5 Å². The molecular formula is C18H26N4O2. The van der Waals surface area contributed by atoms with Gasteiger partial charge in [-0.25, -0.2) is 9.97 Å². The lowest BCUT2D eigenvalue weighted by Gasteiger charge is -2.12. The van der Waals surface area contributed by atoms with Gasteiger partial charge in [-0.3, -0.25) is 0 Å². The summed E-state index contributed by atoms with van der Waals surface area (Å²) in [5.41, 5.74) is 0.953. The maximum absolute atomic E-state index is 5.65. The number of nitrogens with one attached hydrogen (secondary N) is 2. The van der Waals surface area contributed by atoms with E-state index < -0.39 is 0 Å². The van der Waals surface area contributed by atoms with E-state index in [-0.39, 0.29) is 6.10 Å². The summed E-state index contributed by atoms with van der Waals surface area (Å²) >= 11 is 0. The van der Waals surface area contributed by atoms with Gasteiger partial charge in [0.05, 0.1) is 6.10 Å². The highest BCUT2D eigenvalue weighted by Crippen LogP contribution is 2.21. The second-order valence-corrected chi connectivity index (χ2v) is 5.77. The molecule has 0 spiro atoms. The molecule has 0 fully saturated rings. The predicted molar refractivity (Wildman–Crippen MR) is 97.2 cm³/mol. The smallest absolute Gasteiger partial charge is 0.136 e. The number of ether oxygens (including phenoxy) is 2. The van der Waals surface area contributed by atoms with Crippen molar-refractivity contribution in [2.24, 2.45) is 0 Å². The number of rotatable bonds is 9. The number of methoxy groups -OCH3 is 1. The Hall–Kier alpha value is -2.34. The first-order chi connectivity index (χ1) is 11.6. The molecule has 0 aliphatic rings. The van der Waals surface area contributed by atoms with Crippen LogP contribution in [0.2, 0.25) is 0 Å². The Balaban J connectivity index is 1.99. The third-order valence-electron chi connectivity index (χ3n) is 3.17. The quantitative estimate of drug-likeness (QED) is 0.682. The highest BCUT2D eigenvalue weighted by atomic mass is 16.5. The molecule has 130 valence electrons. The molecule has 0 amide bonds. The molecule has 0 aliphatic carbocycles. The topological polar surface area (TPSA) is 68.3 Å². The molecule has 2 aromatic rings. The van der Waals surface area contributed by atoms with Gasteiger partial charge in [0.15, 0.2) is 0 Å². The average Bonchev–Trinajstić information content (AvgIpc) is 2.52. The fourth-order valence-corrected chi connectivity index (χ4v) is 2.19. The van der Waals surface area contributed by atoms with E-state index in [1.807, 2.05) is 51.1 Å². The number of anilines is 3. The monoisotopic (exact) mass is 330 g/mol. The first kappa shape index (κ1) is 18.0. The van der Waals surface area contributed by atoms with Crippen LogP contribution in [0.1, 0.15) is 26.1 Å². The summed E-state index contributed by atoms with van der Waals surface area (Å²) < 4.78 is 10.7. The lowest BCUT2D eigenvalue weighted by Crippen LogP contribution is -2.08. The molecule has 0 aliphatic heterocycles. The molecule has 0 saturated heterocycles. The van der Waals surface area contributed by atoms with Gasteiger partial charge in [-0.2, -0.15) is 0 Å². The lowest BCUT2D eigenvalue weighted by molar-refractivity contribution is 0.198. The van der Waals surface area contributed by atoms with Gasteiger partial charge in [-0.15, -0.1) is 0 Å². The number of benzene rings is 1. The molecule has 0 saturated carbocycles. The van der Waals surface area contributed by atoms with E-state index >= 15 is 0 Å². The van der Waals surface area contributed by atoms with Crippen LogP contribution >= 0.6 is 0 Å². The zero-order chi connectivity index (χ0) is 17.4. The van der Waals surface area contributed by atoms with Gasteiger partial charge in [0.25, 0.3) is 0 Å². The van der Waals surface area contributed by atoms with Crippen molar-refractivity contribution in [3.8, 4) is 5.75 Å². The molecule has 2 rings (SSSR count). The van der Waals surface area contributed by atoms with Crippen molar-refractivity contribution < 1.29 is 9.47 Å². The summed E-state index contributed by atoms with van der Waals surface area (Å²) in [7, 11) is 1.70. The van der Waals surface area contributed by atoms with Crippen LogP contribution in [0.3, 0.4) is 0 Å². The van der Waals surface area contributed by atoms with Crippen molar-refractivity contribution in [1.82, 2.24) is 9.97 Å². The molecule has 1 aromatic heterocycles.